The van der Waals surface area contributed by atoms with E-state index in [4.69, 9.17) is 4.74 Å². The molecule has 0 spiro atoms. The number of carbonyl (C=O) groups excluding carboxylic acids is 1. The Morgan fingerprint density at radius 3 is 2.53 bits per heavy atom. The second-order valence-electron chi connectivity index (χ2n) is 3.22. The summed E-state index contributed by atoms with van der Waals surface area (Å²) in [5.41, 5.74) is 1.06. The Morgan fingerprint density at radius 1 is 1.33 bits per heavy atom. The van der Waals surface area contributed by atoms with Gasteiger partial charge in [0, 0.05) is 0 Å². The predicted molar refractivity (Wildman–Crippen MR) is 57.3 cm³/mol. The second kappa shape index (κ2) is 6.19. The summed E-state index contributed by atoms with van der Waals surface area (Å²) in [6.45, 7) is 2.33. The van der Waals surface area contributed by atoms with E-state index in [0.29, 0.717) is 13.0 Å². The van der Waals surface area contributed by atoms with E-state index in [1.54, 1.807) is 0 Å². The maximum atomic E-state index is 11.2. The molecule has 0 aromatic heterocycles. The zero-order valence-electron chi connectivity index (χ0n) is 9.10. The van der Waals surface area contributed by atoms with Gasteiger partial charge < -0.3 is 9.47 Å². The first-order valence-corrected chi connectivity index (χ1v) is 5.01. The van der Waals surface area contributed by atoms with E-state index in [9.17, 15) is 4.79 Å². The third-order valence-electron chi connectivity index (χ3n) is 2.13. The minimum atomic E-state index is -0.463. The first-order valence-electron chi connectivity index (χ1n) is 5.01. The van der Waals surface area contributed by atoms with Crippen molar-refractivity contribution < 1.29 is 14.3 Å². The number of hydrogen-bond donors (Lipinski definition) is 0. The first-order chi connectivity index (χ1) is 7.27. The molecule has 0 N–H and O–H groups in total. The molecule has 1 atom stereocenters. The molecule has 0 heterocycles. The van der Waals surface area contributed by atoms with Crippen LogP contribution in [0.2, 0.25) is 0 Å². The van der Waals surface area contributed by atoms with Crippen LogP contribution in [-0.2, 0) is 20.9 Å². The normalized spacial score (nSPS) is 12.1. The van der Waals surface area contributed by atoms with Gasteiger partial charge in [-0.1, -0.05) is 37.3 Å². The highest BCUT2D eigenvalue weighted by Gasteiger charge is 2.16. The molecular weight excluding hydrogens is 192 g/mol. The van der Waals surface area contributed by atoms with E-state index in [-0.39, 0.29) is 5.97 Å². The van der Waals surface area contributed by atoms with Crippen LogP contribution in [0.1, 0.15) is 18.9 Å². The summed E-state index contributed by atoms with van der Waals surface area (Å²) in [6.07, 6.45) is 0.162. The second-order valence-corrected chi connectivity index (χ2v) is 3.22. The highest BCUT2D eigenvalue weighted by Crippen LogP contribution is 2.06. The molecule has 0 aliphatic rings. The van der Waals surface area contributed by atoms with Gasteiger partial charge in [-0.3, -0.25) is 0 Å². The molecule has 0 bridgehead atoms. The third-order valence-corrected chi connectivity index (χ3v) is 2.13. The highest BCUT2D eigenvalue weighted by molar-refractivity contribution is 5.74. The van der Waals surface area contributed by atoms with E-state index < -0.39 is 6.10 Å². The summed E-state index contributed by atoms with van der Waals surface area (Å²) < 4.78 is 10.1. The lowest BCUT2D eigenvalue weighted by atomic mass is 10.2. The molecule has 0 amide bonds. The van der Waals surface area contributed by atoms with E-state index in [1.807, 2.05) is 37.3 Å². The molecule has 0 aliphatic heterocycles. The molecule has 0 fully saturated rings. The van der Waals surface area contributed by atoms with Crippen LogP contribution in [-0.4, -0.2) is 19.2 Å². The van der Waals surface area contributed by atoms with Crippen molar-refractivity contribution in [3.63, 3.8) is 0 Å². The average molecular weight is 208 g/mol. The monoisotopic (exact) mass is 208 g/mol. The number of benzene rings is 1. The Labute approximate surface area is 90.0 Å². The van der Waals surface area contributed by atoms with Crippen molar-refractivity contribution in [1.82, 2.24) is 0 Å². The molecule has 1 aromatic rings. The van der Waals surface area contributed by atoms with Gasteiger partial charge in [-0.2, -0.15) is 0 Å². The lowest BCUT2D eigenvalue weighted by molar-refractivity contribution is -0.155. The minimum absolute atomic E-state index is 0.312. The molecule has 82 valence electrons. The van der Waals surface area contributed by atoms with Crippen LogP contribution in [0, 0.1) is 0 Å². The molecule has 0 saturated heterocycles. The maximum absolute atomic E-state index is 11.2. The Morgan fingerprint density at radius 2 is 2.00 bits per heavy atom. The van der Waals surface area contributed by atoms with Crippen molar-refractivity contribution in [3.8, 4) is 0 Å². The van der Waals surface area contributed by atoms with Gasteiger partial charge >= 0.3 is 5.97 Å². The SMILES string of the molecule is CCC(OCc1ccccc1)C(=O)OC. The largest absolute Gasteiger partial charge is 0.467 e. The topological polar surface area (TPSA) is 35.5 Å². The maximum Gasteiger partial charge on any atom is 0.334 e. The minimum Gasteiger partial charge on any atom is -0.467 e. The van der Waals surface area contributed by atoms with Crippen molar-refractivity contribution in [2.24, 2.45) is 0 Å². The van der Waals surface area contributed by atoms with Gasteiger partial charge in [-0.05, 0) is 12.0 Å². The highest BCUT2D eigenvalue weighted by atomic mass is 16.6. The van der Waals surface area contributed by atoms with Crippen LogP contribution in [0.15, 0.2) is 30.3 Å². The lowest BCUT2D eigenvalue weighted by Crippen LogP contribution is -2.24. The summed E-state index contributed by atoms with van der Waals surface area (Å²) in [5, 5.41) is 0. The fourth-order valence-electron chi connectivity index (χ4n) is 1.26. The Hall–Kier alpha value is -1.35. The molecule has 15 heavy (non-hydrogen) atoms. The zero-order chi connectivity index (χ0) is 11.1. The molecule has 0 aliphatic carbocycles. The summed E-state index contributed by atoms with van der Waals surface area (Å²) in [5.74, 6) is -0.312. The lowest BCUT2D eigenvalue weighted by Gasteiger charge is -2.13. The molecule has 0 radical (unpaired) electrons. The summed E-state index contributed by atoms with van der Waals surface area (Å²) in [6, 6.07) is 9.75. The van der Waals surface area contributed by atoms with E-state index in [2.05, 4.69) is 4.74 Å². The fourth-order valence-corrected chi connectivity index (χ4v) is 1.26. The van der Waals surface area contributed by atoms with Crippen molar-refractivity contribution >= 4 is 5.97 Å². The van der Waals surface area contributed by atoms with Crippen LogP contribution in [0.3, 0.4) is 0 Å². The van der Waals surface area contributed by atoms with Crippen LogP contribution in [0.25, 0.3) is 0 Å². The number of methoxy groups -OCH3 is 1. The smallest absolute Gasteiger partial charge is 0.334 e. The van der Waals surface area contributed by atoms with E-state index >= 15 is 0 Å². The Balaban J connectivity index is 2.44. The fraction of sp³-hybridized carbons (Fsp3) is 0.417. The number of esters is 1. The number of ether oxygens (including phenoxy) is 2. The predicted octanol–water partition coefficient (Wildman–Crippen LogP) is 2.15. The number of rotatable bonds is 5. The number of hydrogen-bond acceptors (Lipinski definition) is 3. The molecule has 3 nitrogen and oxygen atoms in total. The average Bonchev–Trinajstić information content (AvgIpc) is 2.31. The first kappa shape index (κ1) is 11.7. The zero-order valence-corrected chi connectivity index (χ0v) is 9.10. The Bertz CT molecular complexity index is 295. The van der Waals surface area contributed by atoms with Gasteiger partial charge in [-0.15, -0.1) is 0 Å². The molecular formula is C12H16O3. The molecule has 1 aromatic carbocycles. The van der Waals surface area contributed by atoms with Gasteiger partial charge in [0.15, 0.2) is 6.10 Å². The van der Waals surface area contributed by atoms with Crippen molar-refractivity contribution in [2.45, 2.75) is 26.1 Å². The van der Waals surface area contributed by atoms with E-state index in [1.165, 1.54) is 7.11 Å². The third kappa shape index (κ3) is 3.72. The van der Waals surface area contributed by atoms with Crippen LogP contribution >= 0.6 is 0 Å². The molecule has 1 rings (SSSR count). The van der Waals surface area contributed by atoms with Gasteiger partial charge in [0.25, 0.3) is 0 Å². The number of carbonyl (C=O) groups is 1. The summed E-state index contributed by atoms with van der Waals surface area (Å²) in [4.78, 5) is 11.2. The standard InChI is InChI=1S/C12H16O3/c1-3-11(12(13)14-2)15-9-10-7-5-4-6-8-10/h4-8,11H,3,9H2,1-2H3. The molecule has 3 heteroatoms. The van der Waals surface area contributed by atoms with Crippen molar-refractivity contribution in [2.75, 3.05) is 7.11 Å². The van der Waals surface area contributed by atoms with Gasteiger partial charge in [0.1, 0.15) is 0 Å². The van der Waals surface area contributed by atoms with Crippen molar-refractivity contribution in [3.05, 3.63) is 35.9 Å². The van der Waals surface area contributed by atoms with Crippen LogP contribution in [0.4, 0.5) is 0 Å². The van der Waals surface area contributed by atoms with Gasteiger partial charge in [-0.25, -0.2) is 4.79 Å². The van der Waals surface area contributed by atoms with E-state index in [0.717, 1.165) is 5.56 Å². The summed E-state index contributed by atoms with van der Waals surface area (Å²) >= 11 is 0. The van der Waals surface area contributed by atoms with Crippen molar-refractivity contribution in [1.29, 1.82) is 0 Å². The molecule has 1 unspecified atom stereocenters. The Kier molecular flexibility index (Phi) is 4.84. The summed E-state index contributed by atoms with van der Waals surface area (Å²) in [7, 11) is 1.37. The quantitative estimate of drug-likeness (QED) is 0.695. The van der Waals surface area contributed by atoms with Gasteiger partial charge in [0.05, 0.1) is 13.7 Å². The van der Waals surface area contributed by atoms with Crippen LogP contribution < -0.4 is 0 Å². The molecule has 0 saturated carbocycles. The van der Waals surface area contributed by atoms with Crippen LogP contribution in [0.5, 0.6) is 0 Å². The van der Waals surface area contributed by atoms with Gasteiger partial charge in [0.2, 0.25) is 0 Å².